The van der Waals surface area contributed by atoms with Crippen molar-refractivity contribution in [3.8, 4) is 0 Å². The minimum absolute atomic E-state index is 0.797. The number of guanidine groups is 1. The van der Waals surface area contributed by atoms with E-state index in [2.05, 4.69) is 59.0 Å². The Morgan fingerprint density at radius 3 is 2.89 bits per heavy atom. The Morgan fingerprint density at radius 2 is 2.11 bits per heavy atom. The number of benzene rings is 1. The van der Waals surface area contributed by atoms with Gasteiger partial charge in [0.25, 0.3) is 0 Å². The molecule has 0 unspecified atom stereocenters. The van der Waals surface area contributed by atoms with Gasteiger partial charge in [-0.3, -0.25) is 0 Å². The topological polar surface area (TPSA) is 36.4 Å². The molecule has 1 aromatic carbocycles. The van der Waals surface area contributed by atoms with E-state index < -0.39 is 0 Å². The van der Waals surface area contributed by atoms with Gasteiger partial charge in [-0.25, -0.2) is 4.99 Å². The quantitative estimate of drug-likeness (QED) is 0.867. The number of anilines is 1. The summed E-state index contributed by atoms with van der Waals surface area (Å²) in [7, 11) is 0. The van der Waals surface area contributed by atoms with Gasteiger partial charge in [-0.2, -0.15) is 0 Å². The second-order valence-electron chi connectivity index (χ2n) is 4.99. The number of hydrogen-bond donors (Lipinski definition) is 2. The summed E-state index contributed by atoms with van der Waals surface area (Å²) in [4.78, 5) is 4.52. The van der Waals surface area contributed by atoms with Crippen LogP contribution in [0.4, 0.5) is 5.69 Å². The SMILES string of the molecule is CCCc1ccc(NC2=NCC3=C(C=CC3)N2)cc1. The third-order valence-corrected chi connectivity index (χ3v) is 3.47. The molecular formula is C16H19N3. The maximum absolute atomic E-state index is 4.52. The van der Waals surface area contributed by atoms with Gasteiger partial charge in [0.15, 0.2) is 0 Å². The van der Waals surface area contributed by atoms with Crippen LogP contribution in [0.5, 0.6) is 0 Å². The van der Waals surface area contributed by atoms with Crippen LogP contribution >= 0.6 is 0 Å². The highest BCUT2D eigenvalue weighted by molar-refractivity contribution is 5.96. The summed E-state index contributed by atoms with van der Waals surface area (Å²) >= 11 is 0. The maximum Gasteiger partial charge on any atom is 0.200 e. The van der Waals surface area contributed by atoms with E-state index in [9.17, 15) is 0 Å². The summed E-state index contributed by atoms with van der Waals surface area (Å²) < 4.78 is 0. The molecule has 19 heavy (non-hydrogen) atoms. The van der Waals surface area contributed by atoms with Crippen LogP contribution in [-0.2, 0) is 6.42 Å². The first-order valence-corrected chi connectivity index (χ1v) is 6.91. The van der Waals surface area contributed by atoms with Gasteiger partial charge in [0.1, 0.15) is 0 Å². The molecule has 0 aromatic heterocycles. The zero-order valence-corrected chi connectivity index (χ0v) is 11.2. The number of aliphatic imine (C=N–C) groups is 1. The highest BCUT2D eigenvalue weighted by Gasteiger charge is 2.15. The summed E-state index contributed by atoms with van der Waals surface area (Å²) in [6.45, 7) is 3.00. The Bertz CT molecular complexity index is 550. The largest absolute Gasteiger partial charge is 0.326 e. The molecule has 3 nitrogen and oxygen atoms in total. The Kier molecular flexibility index (Phi) is 3.36. The van der Waals surface area contributed by atoms with Crippen LogP contribution in [0, 0.1) is 0 Å². The maximum atomic E-state index is 4.52. The second-order valence-corrected chi connectivity index (χ2v) is 4.99. The number of rotatable bonds is 3. The zero-order chi connectivity index (χ0) is 13.1. The lowest BCUT2D eigenvalue weighted by molar-refractivity contribution is 0.922. The Labute approximate surface area is 114 Å². The van der Waals surface area contributed by atoms with Gasteiger partial charge in [-0.15, -0.1) is 0 Å². The third kappa shape index (κ3) is 2.70. The van der Waals surface area contributed by atoms with Gasteiger partial charge in [0.05, 0.1) is 6.54 Å². The van der Waals surface area contributed by atoms with Crippen molar-refractivity contribution < 1.29 is 0 Å². The van der Waals surface area contributed by atoms with Crippen molar-refractivity contribution in [1.82, 2.24) is 5.32 Å². The molecule has 1 aliphatic carbocycles. The van der Waals surface area contributed by atoms with Crippen LogP contribution in [0.2, 0.25) is 0 Å². The summed E-state index contributed by atoms with van der Waals surface area (Å²) in [5.41, 5.74) is 5.05. The van der Waals surface area contributed by atoms with Crippen LogP contribution in [0.15, 0.2) is 52.7 Å². The predicted octanol–water partition coefficient (Wildman–Crippen LogP) is 3.22. The lowest BCUT2D eigenvalue weighted by Gasteiger charge is -2.18. The van der Waals surface area contributed by atoms with Crippen molar-refractivity contribution in [3.63, 3.8) is 0 Å². The molecule has 0 fully saturated rings. The first kappa shape index (κ1) is 12.0. The molecule has 0 spiro atoms. The van der Waals surface area contributed by atoms with Crippen molar-refractivity contribution in [2.45, 2.75) is 26.2 Å². The van der Waals surface area contributed by atoms with E-state index in [0.29, 0.717) is 0 Å². The smallest absolute Gasteiger partial charge is 0.200 e. The van der Waals surface area contributed by atoms with Crippen molar-refractivity contribution in [1.29, 1.82) is 0 Å². The molecule has 1 aliphatic heterocycles. The molecule has 0 saturated heterocycles. The molecule has 2 N–H and O–H groups in total. The fourth-order valence-corrected chi connectivity index (χ4v) is 2.42. The average molecular weight is 253 g/mol. The fourth-order valence-electron chi connectivity index (χ4n) is 2.42. The molecule has 0 amide bonds. The first-order valence-electron chi connectivity index (χ1n) is 6.91. The van der Waals surface area contributed by atoms with Crippen molar-refractivity contribution in [2.24, 2.45) is 4.99 Å². The molecule has 0 bridgehead atoms. The summed E-state index contributed by atoms with van der Waals surface area (Å²) in [5, 5.41) is 6.67. The van der Waals surface area contributed by atoms with Gasteiger partial charge in [0.2, 0.25) is 5.96 Å². The van der Waals surface area contributed by atoms with Gasteiger partial charge < -0.3 is 10.6 Å². The van der Waals surface area contributed by atoms with Crippen molar-refractivity contribution >= 4 is 11.6 Å². The number of aryl methyl sites for hydroxylation is 1. The van der Waals surface area contributed by atoms with Crippen LogP contribution in [0.3, 0.4) is 0 Å². The van der Waals surface area contributed by atoms with E-state index in [-0.39, 0.29) is 0 Å². The highest BCUT2D eigenvalue weighted by Crippen LogP contribution is 2.20. The molecule has 1 heterocycles. The number of hydrogen-bond acceptors (Lipinski definition) is 3. The molecule has 98 valence electrons. The molecule has 0 saturated carbocycles. The lowest BCUT2D eigenvalue weighted by Crippen LogP contribution is -2.33. The summed E-state index contributed by atoms with van der Waals surface area (Å²) in [6, 6.07) is 8.58. The number of allylic oxidation sites excluding steroid dienone is 2. The van der Waals surface area contributed by atoms with Crippen molar-refractivity contribution in [3.05, 3.63) is 53.3 Å². The molecule has 0 atom stereocenters. The first-order chi connectivity index (χ1) is 9.35. The van der Waals surface area contributed by atoms with E-state index >= 15 is 0 Å². The zero-order valence-electron chi connectivity index (χ0n) is 11.2. The normalized spacial score (nSPS) is 17.0. The lowest BCUT2D eigenvalue weighted by atomic mass is 10.1. The predicted molar refractivity (Wildman–Crippen MR) is 80.3 cm³/mol. The van der Waals surface area contributed by atoms with E-state index in [0.717, 1.165) is 31.0 Å². The van der Waals surface area contributed by atoms with Gasteiger partial charge in [0, 0.05) is 11.4 Å². The van der Waals surface area contributed by atoms with Crippen LogP contribution < -0.4 is 10.6 Å². The summed E-state index contributed by atoms with van der Waals surface area (Å²) in [6.07, 6.45) is 7.67. The fraction of sp³-hybridized carbons (Fsp3) is 0.312. The van der Waals surface area contributed by atoms with E-state index in [1.165, 1.54) is 23.3 Å². The van der Waals surface area contributed by atoms with Gasteiger partial charge in [-0.1, -0.05) is 31.6 Å². The molecule has 1 aromatic rings. The minimum Gasteiger partial charge on any atom is -0.326 e. The third-order valence-electron chi connectivity index (χ3n) is 3.47. The standard InChI is InChI=1S/C16H19N3/c1-2-4-12-7-9-14(10-8-12)18-16-17-11-13-5-3-6-15(13)19-16/h3,6-10H,2,4-5,11H2,1H3,(H2,17,18,19). The minimum atomic E-state index is 0.797. The van der Waals surface area contributed by atoms with Gasteiger partial charge >= 0.3 is 0 Å². The van der Waals surface area contributed by atoms with Gasteiger partial charge in [-0.05, 0) is 42.2 Å². The van der Waals surface area contributed by atoms with Crippen molar-refractivity contribution in [2.75, 3.05) is 11.9 Å². The number of nitrogens with zero attached hydrogens (tertiary/aromatic N) is 1. The number of nitrogens with one attached hydrogen (secondary N) is 2. The molecular weight excluding hydrogens is 234 g/mol. The second kappa shape index (κ2) is 5.31. The van der Waals surface area contributed by atoms with Crippen LogP contribution in [0.25, 0.3) is 0 Å². The van der Waals surface area contributed by atoms with E-state index in [4.69, 9.17) is 0 Å². The average Bonchev–Trinajstić information content (AvgIpc) is 2.89. The van der Waals surface area contributed by atoms with Crippen LogP contribution in [-0.4, -0.2) is 12.5 Å². The highest BCUT2D eigenvalue weighted by atomic mass is 15.2. The van der Waals surface area contributed by atoms with Crippen LogP contribution in [0.1, 0.15) is 25.3 Å². The molecule has 3 heteroatoms. The monoisotopic (exact) mass is 253 g/mol. The Balaban J connectivity index is 1.64. The Morgan fingerprint density at radius 1 is 1.26 bits per heavy atom. The molecule has 0 radical (unpaired) electrons. The summed E-state index contributed by atoms with van der Waals surface area (Å²) in [5.74, 6) is 0.841. The van der Waals surface area contributed by atoms with E-state index in [1.807, 2.05) is 0 Å². The molecule has 3 rings (SSSR count). The van der Waals surface area contributed by atoms with E-state index in [1.54, 1.807) is 0 Å². The molecule has 2 aliphatic rings. The Hall–Kier alpha value is -2.03.